The van der Waals surface area contributed by atoms with Crippen LogP contribution in [0.15, 0.2) is 28.7 Å². The number of amides is 1. The number of aryl methyl sites for hydroxylation is 1. The van der Waals surface area contributed by atoms with E-state index in [1.54, 1.807) is 0 Å². The fourth-order valence-electron chi connectivity index (χ4n) is 2.84. The van der Waals surface area contributed by atoms with Crippen molar-refractivity contribution in [2.75, 3.05) is 4.90 Å². The summed E-state index contributed by atoms with van der Waals surface area (Å²) in [6, 6.07) is 6.30. The van der Waals surface area contributed by atoms with Crippen molar-refractivity contribution in [2.45, 2.75) is 33.1 Å². The average Bonchev–Trinajstić information content (AvgIpc) is 2.50. The molecule has 4 nitrogen and oxygen atoms in total. The molecule has 1 aromatic heterocycles. The van der Waals surface area contributed by atoms with Crippen molar-refractivity contribution in [1.82, 2.24) is 4.98 Å². The first-order valence-electron chi connectivity index (χ1n) is 7.62. The molecule has 0 saturated carbocycles. The summed E-state index contributed by atoms with van der Waals surface area (Å²) in [7, 11) is 0. The standard InChI is InChI=1S/C18H16BrFN2O2/c1-9(2)18-14(5-4-10(3)21-18)22-15-7-12(19)13(20)6-11(15)16(23)8-17(22)24/h4-7,9H,8H2,1-3H3. The topological polar surface area (TPSA) is 50.3 Å². The van der Waals surface area contributed by atoms with Crippen molar-refractivity contribution in [3.05, 3.63) is 51.5 Å². The van der Waals surface area contributed by atoms with Crippen LogP contribution in [0.1, 0.15) is 47.9 Å². The second-order valence-corrected chi connectivity index (χ2v) is 6.98. The van der Waals surface area contributed by atoms with E-state index in [1.165, 1.54) is 17.0 Å². The second-order valence-electron chi connectivity index (χ2n) is 6.12. The van der Waals surface area contributed by atoms with Crippen LogP contribution in [0.4, 0.5) is 15.8 Å². The Kier molecular flexibility index (Phi) is 4.25. The quantitative estimate of drug-likeness (QED) is 0.700. The molecule has 1 amide bonds. The van der Waals surface area contributed by atoms with E-state index in [9.17, 15) is 14.0 Å². The molecular weight excluding hydrogens is 375 g/mol. The van der Waals surface area contributed by atoms with E-state index in [0.29, 0.717) is 11.4 Å². The number of rotatable bonds is 2. The summed E-state index contributed by atoms with van der Waals surface area (Å²) in [6.07, 6.45) is -0.278. The van der Waals surface area contributed by atoms with Gasteiger partial charge < -0.3 is 0 Å². The summed E-state index contributed by atoms with van der Waals surface area (Å²) in [4.78, 5) is 30.8. The number of halogens is 2. The molecule has 0 saturated heterocycles. The number of hydrogen-bond donors (Lipinski definition) is 0. The molecule has 0 N–H and O–H groups in total. The van der Waals surface area contributed by atoms with E-state index in [1.807, 2.05) is 32.9 Å². The summed E-state index contributed by atoms with van der Waals surface area (Å²) < 4.78 is 14.1. The maximum absolute atomic E-state index is 13.9. The number of benzene rings is 1. The molecule has 24 heavy (non-hydrogen) atoms. The molecule has 3 rings (SSSR count). The minimum absolute atomic E-state index is 0.0951. The molecule has 124 valence electrons. The molecule has 2 aromatic rings. The van der Waals surface area contributed by atoms with Gasteiger partial charge in [-0.1, -0.05) is 13.8 Å². The van der Waals surface area contributed by atoms with Gasteiger partial charge in [0.1, 0.15) is 5.82 Å². The van der Waals surface area contributed by atoms with Crippen LogP contribution in [0.5, 0.6) is 0 Å². The zero-order valence-corrected chi connectivity index (χ0v) is 15.1. The highest BCUT2D eigenvalue weighted by molar-refractivity contribution is 9.10. The fraction of sp³-hybridized carbons (Fsp3) is 0.278. The van der Waals surface area contributed by atoms with E-state index < -0.39 is 5.82 Å². The number of anilines is 2. The highest BCUT2D eigenvalue weighted by Crippen LogP contribution is 2.39. The largest absolute Gasteiger partial charge is 0.294 e. The minimum atomic E-state index is -0.525. The molecular formula is C18H16BrFN2O2. The molecule has 1 aromatic carbocycles. The second kappa shape index (κ2) is 6.09. The smallest absolute Gasteiger partial charge is 0.239 e. The molecule has 0 aliphatic carbocycles. The molecule has 1 aliphatic heterocycles. The maximum Gasteiger partial charge on any atom is 0.239 e. The Hall–Kier alpha value is -2.08. The number of pyridine rings is 1. The zero-order chi connectivity index (χ0) is 17.6. The van der Waals surface area contributed by atoms with Crippen LogP contribution in [-0.4, -0.2) is 16.7 Å². The normalized spacial score (nSPS) is 14.3. The van der Waals surface area contributed by atoms with Gasteiger partial charge in [-0.25, -0.2) is 4.39 Å². The first-order chi connectivity index (χ1) is 11.3. The van der Waals surface area contributed by atoms with Crippen molar-refractivity contribution in [1.29, 1.82) is 0 Å². The van der Waals surface area contributed by atoms with Gasteiger partial charge in [-0.2, -0.15) is 0 Å². The SMILES string of the molecule is Cc1ccc(N2C(=O)CC(=O)c3cc(F)c(Br)cc32)c(C(C)C)n1. The van der Waals surface area contributed by atoms with E-state index >= 15 is 0 Å². The van der Waals surface area contributed by atoms with Gasteiger partial charge in [-0.15, -0.1) is 0 Å². The lowest BCUT2D eigenvalue weighted by Crippen LogP contribution is -2.35. The van der Waals surface area contributed by atoms with Gasteiger partial charge in [0.05, 0.1) is 28.0 Å². The van der Waals surface area contributed by atoms with Crippen molar-refractivity contribution in [3.8, 4) is 0 Å². The maximum atomic E-state index is 13.9. The van der Waals surface area contributed by atoms with Crippen molar-refractivity contribution in [2.24, 2.45) is 0 Å². The number of aromatic nitrogens is 1. The van der Waals surface area contributed by atoms with Crippen LogP contribution < -0.4 is 4.90 Å². The predicted octanol–water partition coefficient (Wildman–Crippen LogP) is 4.67. The molecule has 0 fully saturated rings. The summed E-state index contributed by atoms with van der Waals surface area (Å²) in [5.74, 6) is -1.14. The first kappa shape index (κ1) is 16.8. The lowest BCUT2D eigenvalue weighted by atomic mass is 9.97. The molecule has 0 spiro atoms. The van der Waals surface area contributed by atoms with Gasteiger partial charge in [0, 0.05) is 11.3 Å². The number of fused-ring (bicyclic) bond motifs is 1. The van der Waals surface area contributed by atoms with Gasteiger partial charge >= 0.3 is 0 Å². The Bertz CT molecular complexity index is 864. The number of carbonyl (C=O) groups is 2. The first-order valence-corrected chi connectivity index (χ1v) is 8.41. The number of Topliss-reactive ketones (excluding diaryl/α,β-unsaturated/α-hetero) is 1. The number of carbonyl (C=O) groups excluding carboxylic acids is 2. The third-order valence-electron chi connectivity index (χ3n) is 3.97. The highest BCUT2D eigenvalue weighted by atomic mass is 79.9. The van der Waals surface area contributed by atoms with Gasteiger partial charge in [0.25, 0.3) is 0 Å². The lowest BCUT2D eigenvalue weighted by Gasteiger charge is -2.31. The van der Waals surface area contributed by atoms with E-state index in [0.717, 1.165) is 11.4 Å². The van der Waals surface area contributed by atoms with Crippen LogP contribution in [0, 0.1) is 12.7 Å². The van der Waals surface area contributed by atoms with E-state index in [4.69, 9.17) is 0 Å². The average molecular weight is 391 g/mol. The van der Waals surface area contributed by atoms with Crippen LogP contribution in [0.3, 0.4) is 0 Å². The summed E-state index contributed by atoms with van der Waals surface area (Å²) in [6.45, 7) is 5.87. The Morgan fingerprint density at radius 1 is 1.21 bits per heavy atom. The van der Waals surface area contributed by atoms with Crippen LogP contribution in [0.25, 0.3) is 0 Å². The fourth-order valence-corrected chi connectivity index (χ4v) is 3.17. The zero-order valence-electron chi connectivity index (χ0n) is 13.6. The lowest BCUT2D eigenvalue weighted by molar-refractivity contribution is -0.117. The van der Waals surface area contributed by atoms with Crippen molar-refractivity contribution >= 4 is 39.0 Å². The Labute approximate surface area is 147 Å². The molecule has 0 bridgehead atoms. The molecule has 2 heterocycles. The molecule has 6 heteroatoms. The number of hydrogen-bond acceptors (Lipinski definition) is 3. The van der Waals surface area contributed by atoms with Crippen LogP contribution in [-0.2, 0) is 4.79 Å². The summed E-state index contributed by atoms with van der Waals surface area (Å²) in [5.41, 5.74) is 2.85. The van der Waals surface area contributed by atoms with Crippen molar-refractivity contribution in [3.63, 3.8) is 0 Å². The third kappa shape index (κ3) is 2.75. The monoisotopic (exact) mass is 390 g/mol. The van der Waals surface area contributed by atoms with Gasteiger partial charge in [-0.05, 0) is 53.0 Å². The molecule has 1 aliphatic rings. The van der Waals surface area contributed by atoms with E-state index in [-0.39, 0.29) is 34.1 Å². The van der Waals surface area contributed by atoms with Gasteiger partial charge in [0.15, 0.2) is 5.78 Å². The highest BCUT2D eigenvalue weighted by Gasteiger charge is 2.33. The molecule has 0 atom stereocenters. The van der Waals surface area contributed by atoms with Gasteiger partial charge in [-0.3, -0.25) is 19.5 Å². The molecule has 0 radical (unpaired) electrons. The minimum Gasteiger partial charge on any atom is -0.294 e. The molecule has 0 unspecified atom stereocenters. The number of ketones is 1. The van der Waals surface area contributed by atoms with Crippen LogP contribution in [0.2, 0.25) is 0 Å². The summed E-state index contributed by atoms with van der Waals surface area (Å²) in [5, 5.41) is 0. The Morgan fingerprint density at radius 2 is 1.92 bits per heavy atom. The summed E-state index contributed by atoms with van der Waals surface area (Å²) >= 11 is 3.13. The number of nitrogens with zero attached hydrogens (tertiary/aromatic N) is 2. The van der Waals surface area contributed by atoms with Crippen molar-refractivity contribution < 1.29 is 14.0 Å². The predicted molar refractivity (Wildman–Crippen MR) is 93.3 cm³/mol. The van der Waals surface area contributed by atoms with Gasteiger partial charge in [0.2, 0.25) is 5.91 Å². The Morgan fingerprint density at radius 3 is 2.58 bits per heavy atom. The van der Waals surface area contributed by atoms with E-state index in [2.05, 4.69) is 20.9 Å². The van der Waals surface area contributed by atoms with Crippen LogP contribution >= 0.6 is 15.9 Å². The Balaban J connectivity index is 2.27. The third-order valence-corrected chi connectivity index (χ3v) is 4.58.